The molecule has 2 rings (SSSR count). The van der Waals surface area contributed by atoms with E-state index in [1.54, 1.807) is 5.57 Å². The van der Waals surface area contributed by atoms with E-state index in [1.165, 1.54) is 51.6 Å². The molecule has 1 atom stereocenters. The molecule has 0 bridgehead atoms. The summed E-state index contributed by atoms with van der Waals surface area (Å²) >= 11 is 0. The van der Waals surface area contributed by atoms with Crippen molar-refractivity contribution in [1.29, 1.82) is 0 Å². The molecule has 1 heterocycles. The first-order valence-corrected chi connectivity index (χ1v) is 5.74. The van der Waals surface area contributed by atoms with Crippen molar-refractivity contribution < 1.29 is 0 Å². The topological polar surface area (TPSA) is 3.24 Å². The van der Waals surface area contributed by atoms with Gasteiger partial charge in [0.1, 0.15) is 0 Å². The van der Waals surface area contributed by atoms with E-state index in [4.69, 9.17) is 0 Å². The molecule has 0 saturated carbocycles. The standard InChI is InChI=1S/C12H21N/c1-13-9-5-8-12(10-13)11-6-3-2-4-7-11/h6,12H,2-5,7-10H2,1H3. The van der Waals surface area contributed by atoms with E-state index in [2.05, 4.69) is 18.0 Å². The number of nitrogens with zero attached hydrogens (tertiary/aromatic N) is 1. The van der Waals surface area contributed by atoms with E-state index in [-0.39, 0.29) is 0 Å². The number of rotatable bonds is 1. The van der Waals surface area contributed by atoms with Crippen LogP contribution in [0.3, 0.4) is 0 Å². The van der Waals surface area contributed by atoms with Gasteiger partial charge >= 0.3 is 0 Å². The lowest BCUT2D eigenvalue weighted by Gasteiger charge is -2.32. The summed E-state index contributed by atoms with van der Waals surface area (Å²) in [6.07, 6.45) is 11.0. The SMILES string of the molecule is CN1CCCC(C2=CCCCC2)C1. The summed E-state index contributed by atoms with van der Waals surface area (Å²) in [5, 5.41) is 0. The smallest absolute Gasteiger partial charge is 0.00440 e. The third kappa shape index (κ3) is 2.34. The second kappa shape index (κ2) is 4.28. The van der Waals surface area contributed by atoms with Crippen LogP contribution in [0.4, 0.5) is 0 Å². The predicted octanol–water partition coefficient (Wildman–Crippen LogP) is 2.83. The van der Waals surface area contributed by atoms with Gasteiger partial charge in [0, 0.05) is 6.54 Å². The fourth-order valence-electron chi connectivity index (χ4n) is 2.70. The van der Waals surface area contributed by atoms with Gasteiger partial charge in [-0.15, -0.1) is 0 Å². The van der Waals surface area contributed by atoms with Crippen molar-refractivity contribution in [3.05, 3.63) is 11.6 Å². The fraction of sp³-hybridized carbons (Fsp3) is 0.833. The summed E-state index contributed by atoms with van der Waals surface area (Å²) in [6.45, 7) is 2.62. The van der Waals surface area contributed by atoms with E-state index >= 15 is 0 Å². The average molecular weight is 179 g/mol. The van der Waals surface area contributed by atoms with E-state index < -0.39 is 0 Å². The molecule has 0 radical (unpaired) electrons. The minimum Gasteiger partial charge on any atom is -0.306 e. The van der Waals surface area contributed by atoms with Crippen molar-refractivity contribution in [2.45, 2.75) is 38.5 Å². The predicted molar refractivity (Wildman–Crippen MR) is 56.8 cm³/mol. The van der Waals surface area contributed by atoms with Crippen molar-refractivity contribution >= 4 is 0 Å². The van der Waals surface area contributed by atoms with Crippen LogP contribution >= 0.6 is 0 Å². The van der Waals surface area contributed by atoms with Crippen molar-refractivity contribution in [1.82, 2.24) is 4.90 Å². The van der Waals surface area contributed by atoms with Gasteiger partial charge in [0.15, 0.2) is 0 Å². The summed E-state index contributed by atoms with van der Waals surface area (Å²) in [4.78, 5) is 2.49. The Hall–Kier alpha value is -0.300. The third-order valence-corrected chi connectivity index (χ3v) is 3.47. The lowest BCUT2D eigenvalue weighted by atomic mass is 9.84. The van der Waals surface area contributed by atoms with Gasteiger partial charge in [0.25, 0.3) is 0 Å². The zero-order chi connectivity index (χ0) is 9.10. The summed E-state index contributed by atoms with van der Waals surface area (Å²) in [5.74, 6) is 0.902. The maximum atomic E-state index is 2.52. The number of hydrogen-bond donors (Lipinski definition) is 0. The molecule has 1 nitrogen and oxygen atoms in total. The number of hydrogen-bond acceptors (Lipinski definition) is 1. The molecule has 1 heteroatoms. The molecular formula is C12H21N. The Morgan fingerprint density at radius 2 is 2.23 bits per heavy atom. The molecule has 2 aliphatic rings. The molecule has 0 amide bonds. The molecule has 1 aliphatic heterocycles. The summed E-state index contributed by atoms with van der Waals surface area (Å²) in [5.41, 5.74) is 1.78. The van der Waals surface area contributed by atoms with Crippen LogP contribution < -0.4 is 0 Å². The van der Waals surface area contributed by atoms with E-state index in [0.717, 1.165) is 5.92 Å². The van der Waals surface area contributed by atoms with Crippen LogP contribution in [-0.2, 0) is 0 Å². The van der Waals surface area contributed by atoms with Crippen LogP contribution in [-0.4, -0.2) is 25.0 Å². The Morgan fingerprint density at radius 1 is 1.31 bits per heavy atom. The van der Waals surface area contributed by atoms with Crippen LogP contribution in [0.2, 0.25) is 0 Å². The highest BCUT2D eigenvalue weighted by Crippen LogP contribution is 2.29. The minimum atomic E-state index is 0.902. The molecule has 13 heavy (non-hydrogen) atoms. The van der Waals surface area contributed by atoms with Crippen molar-refractivity contribution in [3.63, 3.8) is 0 Å². The summed E-state index contributed by atoms with van der Waals surface area (Å²) in [6, 6.07) is 0. The maximum absolute atomic E-state index is 2.52. The third-order valence-electron chi connectivity index (χ3n) is 3.47. The van der Waals surface area contributed by atoms with Gasteiger partial charge in [-0.1, -0.05) is 11.6 Å². The fourth-order valence-corrected chi connectivity index (χ4v) is 2.70. The van der Waals surface area contributed by atoms with Gasteiger partial charge < -0.3 is 4.90 Å². The van der Waals surface area contributed by atoms with Crippen LogP contribution in [0.5, 0.6) is 0 Å². The number of allylic oxidation sites excluding steroid dienone is 1. The van der Waals surface area contributed by atoms with Gasteiger partial charge in [-0.3, -0.25) is 0 Å². The maximum Gasteiger partial charge on any atom is 0.00440 e. The van der Waals surface area contributed by atoms with Crippen molar-refractivity contribution in [3.8, 4) is 0 Å². The Bertz CT molecular complexity index is 195. The first-order chi connectivity index (χ1) is 6.36. The Balaban J connectivity index is 1.94. The number of likely N-dealkylation sites (tertiary alicyclic amines) is 1. The molecule has 74 valence electrons. The second-order valence-corrected chi connectivity index (χ2v) is 4.63. The van der Waals surface area contributed by atoms with Crippen LogP contribution in [0.1, 0.15) is 38.5 Å². The Labute approximate surface area is 81.8 Å². The van der Waals surface area contributed by atoms with Crippen molar-refractivity contribution in [2.24, 2.45) is 5.92 Å². The minimum absolute atomic E-state index is 0.902. The van der Waals surface area contributed by atoms with Crippen LogP contribution in [0.25, 0.3) is 0 Å². The molecule has 1 unspecified atom stereocenters. The highest BCUT2D eigenvalue weighted by atomic mass is 15.1. The highest BCUT2D eigenvalue weighted by Gasteiger charge is 2.21. The largest absolute Gasteiger partial charge is 0.306 e. The first kappa shape index (κ1) is 9.26. The van der Waals surface area contributed by atoms with Crippen molar-refractivity contribution in [2.75, 3.05) is 20.1 Å². The highest BCUT2D eigenvalue weighted by molar-refractivity contribution is 5.10. The monoisotopic (exact) mass is 179 g/mol. The molecule has 1 aliphatic carbocycles. The Kier molecular flexibility index (Phi) is 3.05. The average Bonchev–Trinajstić information content (AvgIpc) is 2.19. The van der Waals surface area contributed by atoms with Gasteiger partial charge in [-0.25, -0.2) is 0 Å². The summed E-state index contributed by atoms with van der Waals surface area (Å²) in [7, 11) is 2.26. The molecule has 1 saturated heterocycles. The molecule has 0 aromatic carbocycles. The summed E-state index contributed by atoms with van der Waals surface area (Å²) < 4.78 is 0. The first-order valence-electron chi connectivity index (χ1n) is 5.74. The molecule has 0 spiro atoms. The van der Waals surface area contributed by atoms with E-state index in [1.807, 2.05) is 0 Å². The van der Waals surface area contributed by atoms with Gasteiger partial charge in [0.05, 0.1) is 0 Å². The van der Waals surface area contributed by atoms with E-state index in [0.29, 0.717) is 0 Å². The lowest BCUT2D eigenvalue weighted by Crippen LogP contribution is -2.33. The van der Waals surface area contributed by atoms with E-state index in [9.17, 15) is 0 Å². The van der Waals surface area contributed by atoms with Crippen LogP contribution in [0.15, 0.2) is 11.6 Å². The molecule has 0 aromatic rings. The van der Waals surface area contributed by atoms with Gasteiger partial charge in [-0.2, -0.15) is 0 Å². The molecule has 0 N–H and O–H groups in total. The molecule has 0 aromatic heterocycles. The molecule has 1 fully saturated rings. The van der Waals surface area contributed by atoms with Gasteiger partial charge in [0.2, 0.25) is 0 Å². The normalized spacial score (nSPS) is 31.5. The quantitative estimate of drug-likeness (QED) is 0.559. The van der Waals surface area contributed by atoms with Crippen LogP contribution in [0, 0.1) is 5.92 Å². The zero-order valence-corrected chi connectivity index (χ0v) is 8.76. The zero-order valence-electron chi connectivity index (χ0n) is 8.76. The second-order valence-electron chi connectivity index (χ2n) is 4.63. The number of piperidine rings is 1. The Morgan fingerprint density at radius 3 is 2.92 bits per heavy atom. The molecular weight excluding hydrogens is 158 g/mol. The van der Waals surface area contributed by atoms with Gasteiger partial charge in [-0.05, 0) is 58.0 Å². The lowest BCUT2D eigenvalue weighted by molar-refractivity contribution is 0.226.